The van der Waals surface area contributed by atoms with Gasteiger partial charge in [-0.1, -0.05) is 12.1 Å². The van der Waals surface area contributed by atoms with Crippen LogP contribution >= 0.6 is 0 Å². The number of phenols is 1. The van der Waals surface area contributed by atoms with Gasteiger partial charge in [0.25, 0.3) is 0 Å². The minimum Gasteiger partial charge on any atom is -0.508 e. The number of carbonyl (C=O) groups excluding carboxylic acids is 1. The van der Waals surface area contributed by atoms with Gasteiger partial charge in [0.15, 0.2) is 0 Å². The number of aromatic hydroxyl groups is 1. The summed E-state index contributed by atoms with van der Waals surface area (Å²) in [5, 5.41) is 12.1. The Morgan fingerprint density at radius 3 is 2.90 bits per heavy atom. The maximum absolute atomic E-state index is 12.0. The van der Waals surface area contributed by atoms with Crippen LogP contribution in [0.15, 0.2) is 24.3 Å². The van der Waals surface area contributed by atoms with Crippen LogP contribution < -0.4 is 11.1 Å². The third kappa shape index (κ3) is 5.00. The van der Waals surface area contributed by atoms with Crippen molar-refractivity contribution in [1.29, 1.82) is 0 Å². The molecule has 6 heteroatoms. The van der Waals surface area contributed by atoms with Gasteiger partial charge in [-0.25, -0.2) is 0 Å². The van der Waals surface area contributed by atoms with E-state index in [2.05, 4.69) is 10.2 Å². The Balaban J connectivity index is 1.75. The van der Waals surface area contributed by atoms with Gasteiger partial charge in [-0.05, 0) is 31.2 Å². The van der Waals surface area contributed by atoms with Gasteiger partial charge in [0.2, 0.25) is 5.91 Å². The number of nitrogens with zero attached hydrogens (tertiary/aromatic N) is 1. The molecule has 0 radical (unpaired) electrons. The summed E-state index contributed by atoms with van der Waals surface area (Å²) < 4.78 is 5.58. The number of phenolic OH excluding ortho intramolecular Hbond substituents is 1. The lowest BCUT2D eigenvalue weighted by molar-refractivity contribution is -0.123. The average Bonchev–Trinajstić information content (AvgIpc) is 2.47. The lowest BCUT2D eigenvalue weighted by Crippen LogP contribution is -2.49. The number of benzene rings is 1. The average molecular weight is 293 g/mol. The molecule has 2 rings (SSSR count). The zero-order chi connectivity index (χ0) is 15.2. The minimum atomic E-state index is -0.601. The molecular weight excluding hydrogens is 270 g/mol. The van der Waals surface area contributed by atoms with Crippen molar-refractivity contribution in [2.45, 2.75) is 18.6 Å². The highest BCUT2D eigenvalue weighted by Crippen LogP contribution is 2.11. The van der Waals surface area contributed by atoms with Gasteiger partial charge in [-0.2, -0.15) is 0 Å². The van der Waals surface area contributed by atoms with E-state index in [4.69, 9.17) is 10.5 Å². The summed E-state index contributed by atoms with van der Waals surface area (Å²) in [5.74, 6) is 0.0234. The van der Waals surface area contributed by atoms with Crippen molar-refractivity contribution >= 4 is 5.91 Å². The number of carbonyl (C=O) groups is 1. The molecule has 6 nitrogen and oxygen atoms in total. The summed E-state index contributed by atoms with van der Waals surface area (Å²) in [6.45, 7) is 2.90. The number of nitrogens with two attached hydrogens (primary N) is 1. The largest absolute Gasteiger partial charge is 0.508 e. The molecule has 2 atom stereocenters. The molecule has 1 amide bonds. The highest BCUT2D eigenvalue weighted by molar-refractivity contribution is 5.81. The summed E-state index contributed by atoms with van der Waals surface area (Å²) in [7, 11) is 2.04. The molecule has 0 spiro atoms. The van der Waals surface area contributed by atoms with Crippen molar-refractivity contribution in [3.63, 3.8) is 0 Å². The van der Waals surface area contributed by atoms with E-state index >= 15 is 0 Å². The zero-order valence-corrected chi connectivity index (χ0v) is 12.3. The van der Waals surface area contributed by atoms with E-state index in [-0.39, 0.29) is 17.8 Å². The van der Waals surface area contributed by atoms with Crippen LogP contribution in [-0.2, 0) is 16.0 Å². The van der Waals surface area contributed by atoms with Crippen LogP contribution in [0, 0.1) is 0 Å². The Bertz CT molecular complexity index is 464. The Morgan fingerprint density at radius 2 is 2.24 bits per heavy atom. The number of hydrogen-bond acceptors (Lipinski definition) is 5. The van der Waals surface area contributed by atoms with Gasteiger partial charge in [0, 0.05) is 19.6 Å². The quantitative estimate of drug-likeness (QED) is 0.694. The molecule has 21 heavy (non-hydrogen) atoms. The molecule has 1 saturated heterocycles. The van der Waals surface area contributed by atoms with Gasteiger partial charge >= 0.3 is 0 Å². The first-order chi connectivity index (χ1) is 10.0. The monoisotopic (exact) mass is 293 g/mol. The predicted molar refractivity (Wildman–Crippen MR) is 80.0 cm³/mol. The van der Waals surface area contributed by atoms with Crippen molar-refractivity contribution in [2.75, 3.05) is 33.3 Å². The number of rotatable bonds is 5. The molecule has 1 aliphatic rings. The summed E-state index contributed by atoms with van der Waals surface area (Å²) in [6.07, 6.45) is 0.464. The fourth-order valence-corrected chi connectivity index (χ4v) is 2.31. The van der Waals surface area contributed by atoms with E-state index in [1.165, 1.54) is 0 Å². The molecule has 4 N–H and O–H groups in total. The van der Waals surface area contributed by atoms with E-state index in [0.29, 0.717) is 19.6 Å². The van der Waals surface area contributed by atoms with E-state index in [9.17, 15) is 9.90 Å². The van der Waals surface area contributed by atoms with Crippen LogP contribution in [-0.4, -0.2) is 61.3 Å². The van der Waals surface area contributed by atoms with Crippen molar-refractivity contribution in [3.8, 4) is 5.75 Å². The number of hydrogen-bond donors (Lipinski definition) is 3. The fraction of sp³-hybridized carbons (Fsp3) is 0.533. The smallest absolute Gasteiger partial charge is 0.237 e. The molecule has 116 valence electrons. The van der Waals surface area contributed by atoms with Gasteiger partial charge < -0.3 is 25.8 Å². The van der Waals surface area contributed by atoms with Gasteiger partial charge in [-0.15, -0.1) is 0 Å². The van der Waals surface area contributed by atoms with Crippen LogP contribution in [0.5, 0.6) is 5.75 Å². The maximum Gasteiger partial charge on any atom is 0.237 e. The number of morpholine rings is 1. The Hall–Kier alpha value is -1.63. The molecule has 1 fully saturated rings. The summed E-state index contributed by atoms with van der Waals surface area (Å²) >= 11 is 0. The van der Waals surface area contributed by atoms with Crippen LogP contribution in [0.2, 0.25) is 0 Å². The standard InChI is InChI=1S/C15H23N3O3/c1-18-6-7-21-13(10-18)9-17-15(20)14(16)8-11-2-4-12(19)5-3-11/h2-5,13-14,19H,6-10,16H2,1H3,(H,17,20)/t13?,14-/m1/s1. The minimum absolute atomic E-state index is 0.0218. The van der Waals surface area contributed by atoms with Crippen LogP contribution in [0.25, 0.3) is 0 Å². The molecule has 0 aliphatic carbocycles. The second kappa shape index (κ2) is 7.40. The molecule has 1 aromatic carbocycles. The second-order valence-corrected chi connectivity index (χ2v) is 5.48. The van der Waals surface area contributed by atoms with Crippen LogP contribution in [0.3, 0.4) is 0 Å². The Labute approximate surface area is 124 Å². The highest BCUT2D eigenvalue weighted by atomic mass is 16.5. The third-order valence-electron chi connectivity index (χ3n) is 3.57. The maximum atomic E-state index is 12.0. The number of likely N-dealkylation sites (N-methyl/N-ethyl adjacent to an activating group) is 1. The Morgan fingerprint density at radius 1 is 1.52 bits per heavy atom. The normalized spacial score (nSPS) is 21.0. The van der Waals surface area contributed by atoms with Crippen molar-refractivity contribution in [1.82, 2.24) is 10.2 Å². The molecule has 0 bridgehead atoms. The molecule has 1 aliphatic heterocycles. The number of amides is 1. The lowest BCUT2D eigenvalue weighted by Gasteiger charge is -2.30. The van der Waals surface area contributed by atoms with Gasteiger partial charge in [0.05, 0.1) is 18.8 Å². The molecule has 1 aromatic rings. The summed E-state index contributed by atoms with van der Waals surface area (Å²) in [5.41, 5.74) is 6.82. The molecule has 0 aromatic heterocycles. The summed E-state index contributed by atoms with van der Waals surface area (Å²) in [4.78, 5) is 14.2. The van der Waals surface area contributed by atoms with Gasteiger partial charge in [-0.3, -0.25) is 4.79 Å². The van der Waals surface area contributed by atoms with Crippen molar-refractivity contribution in [2.24, 2.45) is 5.73 Å². The molecular formula is C15H23N3O3. The first kappa shape index (κ1) is 15.8. The van der Waals surface area contributed by atoms with Crippen molar-refractivity contribution < 1.29 is 14.6 Å². The number of nitrogens with one attached hydrogen (secondary N) is 1. The van der Waals surface area contributed by atoms with E-state index in [0.717, 1.165) is 18.7 Å². The predicted octanol–water partition coefficient (Wildman–Crippen LogP) is -0.291. The van der Waals surface area contributed by atoms with E-state index in [1.54, 1.807) is 24.3 Å². The van der Waals surface area contributed by atoms with Gasteiger partial charge in [0.1, 0.15) is 5.75 Å². The first-order valence-electron chi connectivity index (χ1n) is 7.16. The van der Waals surface area contributed by atoms with E-state index < -0.39 is 6.04 Å². The topological polar surface area (TPSA) is 87.8 Å². The third-order valence-corrected chi connectivity index (χ3v) is 3.57. The van der Waals surface area contributed by atoms with Crippen LogP contribution in [0.1, 0.15) is 5.56 Å². The molecule has 1 heterocycles. The SMILES string of the molecule is CN1CCOC(CNC(=O)[C@H](N)Cc2ccc(O)cc2)C1. The summed E-state index contributed by atoms with van der Waals surface area (Å²) in [6, 6.07) is 6.11. The lowest BCUT2D eigenvalue weighted by atomic mass is 10.1. The molecule has 1 unspecified atom stereocenters. The number of ether oxygens (including phenoxy) is 1. The van der Waals surface area contributed by atoms with Crippen LogP contribution in [0.4, 0.5) is 0 Å². The highest BCUT2D eigenvalue weighted by Gasteiger charge is 2.20. The molecule has 0 saturated carbocycles. The second-order valence-electron chi connectivity index (χ2n) is 5.48. The van der Waals surface area contributed by atoms with Crippen molar-refractivity contribution in [3.05, 3.63) is 29.8 Å². The fourth-order valence-electron chi connectivity index (χ4n) is 2.31. The zero-order valence-electron chi connectivity index (χ0n) is 12.3. The Kier molecular flexibility index (Phi) is 5.55. The first-order valence-corrected chi connectivity index (χ1v) is 7.16. The van der Waals surface area contributed by atoms with E-state index in [1.807, 2.05) is 7.05 Å².